The van der Waals surface area contributed by atoms with E-state index < -0.39 is 62.7 Å². The first-order chi connectivity index (χ1) is 37.6. The summed E-state index contributed by atoms with van der Waals surface area (Å²) in [6, 6.07) is 0. The number of rotatable bonds is 50. The average molecular weight is 1300 g/mol. The van der Waals surface area contributed by atoms with E-state index in [4.69, 9.17) is 35.7 Å². The van der Waals surface area contributed by atoms with Gasteiger partial charge >= 0.3 is 11.9 Å². The largest absolute Gasteiger partial charge is 0.756 e. The molecule has 1 fully saturated rings. The summed E-state index contributed by atoms with van der Waals surface area (Å²) in [6.45, 7) is 5.60. The minimum atomic E-state index is -4.97. The number of nitrogens with one attached hydrogen (secondary N) is 1. The minimum absolute atomic E-state index is 0. The molecule has 1 heterocycles. The number of amides is 4. The molecule has 0 aromatic carbocycles. The summed E-state index contributed by atoms with van der Waals surface area (Å²) in [6.07, 6.45) is 35.1. The number of hydrogen-bond donors (Lipinski definition) is 4. The maximum absolute atomic E-state index is 13.1. The van der Waals surface area contributed by atoms with Crippen LogP contribution in [0.25, 0.3) is 0 Å². The molecule has 0 aromatic heterocycles. The first kappa shape index (κ1) is 77.3. The van der Waals surface area contributed by atoms with Crippen molar-refractivity contribution in [3.8, 4) is 0 Å². The molecule has 1 saturated heterocycles. The molecule has 2 atom stereocenters. The Labute approximate surface area is 515 Å². The fourth-order valence-electron chi connectivity index (χ4n) is 9.59. The molecule has 0 spiro atoms. The van der Waals surface area contributed by atoms with Crippen molar-refractivity contribution in [3.05, 3.63) is 0 Å². The van der Waals surface area contributed by atoms with Crippen LogP contribution in [0.3, 0.4) is 0 Å². The SMILES string of the molecule is CCCCCCCCCCCCCCCCCC(=O)OC[C@H](COP(=O)([O-])OCCNC(=O)CN1CCN(CC(N)=O)CCN(CC(N)=O)CCN(CC(N)=O)CC1)OC(=O)CCCCCCCCCCCCCCCCC.[Yb]. The van der Waals surface area contributed by atoms with Crippen molar-refractivity contribution in [1.82, 2.24) is 24.9 Å². The first-order valence-electron chi connectivity index (χ1n) is 30.6. The van der Waals surface area contributed by atoms with Crippen molar-refractivity contribution >= 4 is 43.4 Å². The second-order valence-electron chi connectivity index (χ2n) is 21.6. The molecule has 22 heteroatoms. The summed E-state index contributed by atoms with van der Waals surface area (Å²) in [7, 11) is -4.97. The zero-order valence-electron chi connectivity index (χ0n) is 49.2. The zero-order valence-corrected chi connectivity index (χ0v) is 51.8. The fourth-order valence-corrected chi connectivity index (χ4v) is 10.3. The van der Waals surface area contributed by atoms with Gasteiger partial charge in [-0.25, -0.2) is 0 Å². The number of carbonyl (C=O) groups excluding carboxylic acids is 6. The van der Waals surface area contributed by atoms with Gasteiger partial charge in [0.2, 0.25) is 23.6 Å². The molecule has 20 nitrogen and oxygen atoms in total. The Balaban J connectivity index is 0.0000608. The smallest absolute Gasteiger partial charge is 0.306 e. The van der Waals surface area contributed by atoms with Crippen molar-refractivity contribution in [2.45, 2.75) is 225 Å². The van der Waals surface area contributed by atoms with E-state index >= 15 is 0 Å². The van der Waals surface area contributed by atoms with Gasteiger partial charge in [-0.15, -0.1) is 0 Å². The van der Waals surface area contributed by atoms with E-state index in [1.54, 1.807) is 0 Å². The normalized spacial score (nSPS) is 15.5. The van der Waals surface area contributed by atoms with Crippen LogP contribution in [0.5, 0.6) is 0 Å². The molecule has 1 aliphatic heterocycles. The second kappa shape index (κ2) is 53.0. The van der Waals surface area contributed by atoms with Gasteiger partial charge in [0, 0.05) is 119 Å². The van der Waals surface area contributed by atoms with Crippen LogP contribution in [0.2, 0.25) is 0 Å². The zero-order chi connectivity index (χ0) is 57.3. The van der Waals surface area contributed by atoms with E-state index in [-0.39, 0.29) is 99.1 Å². The molecule has 4 amide bonds. The molecule has 79 heavy (non-hydrogen) atoms. The molecular formula is C57H110N8O12PYb-. The Morgan fingerprint density at radius 2 is 0.759 bits per heavy atom. The Hall–Kier alpha value is -1.71. The molecular weight excluding hydrogens is 1190 g/mol. The Kier molecular flexibility index (Phi) is 51.9. The third-order valence-corrected chi connectivity index (χ3v) is 15.2. The summed E-state index contributed by atoms with van der Waals surface area (Å²) in [4.78, 5) is 94.6. The minimum Gasteiger partial charge on any atom is -0.756 e. The van der Waals surface area contributed by atoms with E-state index in [0.29, 0.717) is 65.2 Å². The van der Waals surface area contributed by atoms with Crippen LogP contribution >= 0.6 is 7.82 Å². The van der Waals surface area contributed by atoms with Crippen LogP contribution in [0.4, 0.5) is 0 Å². The molecule has 0 bridgehead atoms. The predicted molar refractivity (Wildman–Crippen MR) is 306 cm³/mol. The summed E-state index contributed by atoms with van der Waals surface area (Å²) in [5, 5.41) is 2.65. The van der Waals surface area contributed by atoms with E-state index in [1.807, 2.05) is 19.6 Å². The number of nitrogens with zero attached hydrogens (tertiary/aromatic N) is 4. The topological polar surface area (TPSA) is 283 Å². The first-order valence-corrected chi connectivity index (χ1v) is 32.0. The molecule has 0 aliphatic carbocycles. The number of unbranched alkanes of at least 4 members (excludes halogenated alkanes) is 28. The van der Waals surface area contributed by atoms with Gasteiger partial charge in [0.25, 0.3) is 7.82 Å². The third-order valence-electron chi connectivity index (χ3n) is 14.2. The maximum atomic E-state index is 13.1. The van der Waals surface area contributed by atoms with Crippen LogP contribution in [-0.4, -0.2) is 166 Å². The molecule has 7 N–H and O–H groups in total. The standard InChI is InChI=1S/C57H111N8O12P.Yb/c1-3-5-7-9-11-13-15-17-19-21-23-25-27-29-31-33-56(70)74-49-51(77-57(71)34-32-30-28-26-24-22-20-18-16-14-12-10-8-6-4-2)50-76-78(72,73)75-44-35-61-55(69)48-65-42-40-63(46-53(59)67)38-36-62(45-52(58)66)37-39-64(41-43-65)47-54(60)68;/h51H,3-50H2,1-2H3,(H2,58,66)(H2,59,67)(H2,60,68)(H,61,69)(H,72,73);/p-1/t51-;/m1./s1. The Morgan fingerprint density at radius 3 is 1.09 bits per heavy atom. The number of primary amides is 3. The second-order valence-corrected chi connectivity index (χ2v) is 23.0. The Morgan fingerprint density at radius 1 is 0.456 bits per heavy atom. The third kappa shape index (κ3) is 50.5. The van der Waals surface area contributed by atoms with Crippen molar-refractivity contribution < 1.29 is 104 Å². The monoisotopic (exact) mass is 1300 g/mol. The number of hydrogen-bond acceptors (Lipinski definition) is 16. The van der Waals surface area contributed by atoms with E-state index in [2.05, 4.69) is 19.2 Å². The number of phosphoric ester groups is 1. The number of phosphoric acid groups is 1. The molecule has 1 rings (SSSR count). The number of carbonyl (C=O) groups is 6. The van der Waals surface area contributed by atoms with Gasteiger partial charge in [-0.2, -0.15) is 0 Å². The Bertz CT molecular complexity index is 1590. The van der Waals surface area contributed by atoms with Gasteiger partial charge < -0.3 is 45.9 Å². The molecule has 470 valence electrons. The maximum Gasteiger partial charge on any atom is 0.306 e. The van der Waals surface area contributed by atoms with Crippen LogP contribution in [0.15, 0.2) is 0 Å². The van der Waals surface area contributed by atoms with Crippen LogP contribution in [0.1, 0.15) is 219 Å². The van der Waals surface area contributed by atoms with Crippen LogP contribution in [0, 0.1) is 46.9 Å². The summed E-state index contributed by atoms with van der Waals surface area (Å²) in [5.74, 6) is -3.02. The predicted octanol–water partition coefficient (Wildman–Crippen LogP) is 7.26. The number of esters is 2. The summed E-state index contributed by atoms with van der Waals surface area (Å²) < 4.78 is 34.1. The molecule has 0 saturated carbocycles. The summed E-state index contributed by atoms with van der Waals surface area (Å²) >= 11 is 0. The summed E-state index contributed by atoms with van der Waals surface area (Å²) in [5.41, 5.74) is 16.5. The quantitative estimate of drug-likeness (QED) is 0.0265. The van der Waals surface area contributed by atoms with Crippen molar-refractivity contribution in [2.75, 3.05) is 105 Å². The molecule has 1 aliphatic rings. The van der Waals surface area contributed by atoms with Gasteiger partial charge in [0.05, 0.1) is 39.4 Å². The van der Waals surface area contributed by atoms with Gasteiger partial charge in [0.15, 0.2) is 6.10 Å². The van der Waals surface area contributed by atoms with Crippen LogP contribution in [-0.2, 0) is 51.9 Å². The van der Waals surface area contributed by atoms with Crippen molar-refractivity contribution in [1.29, 1.82) is 0 Å². The van der Waals surface area contributed by atoms with E-state index in [9.17, 15) is 38.2 Å². The van der Waals surface area contributed by atoms with E-state index in [1.165, 1.54) is 141 Å². The fraction of sp³-hybridized carbons (Fsp3) is 0.895. The van der Waals surface area contributed by atoms with Gasteiger partial charge in [-0.3, -0.25) is 52.9 Å². The number of nitrogens with two attached hydrogens (primary N) is 3. The molecule has 1 unspecified atom stereocenters. The molecule has 0 radical (unpaired) electrons. The average Bonchev–Trinajstić information content (AvgIpc) is 3.38. The van der Waals surface area contributed by atoms with Crippen molar-refractivity contribution in [3.63, 3.8) is 0 Å². The van der Waals surface area contributed by atoms with E-state index in [0.717, 1.165) is 38.5 Å². The van der Waals surface area contributed by atoms with Crippen molar-refractivity contribution in [2.24, 2.45) is 17.2 Å². The van der Waals surface area contributed by atoms with Gasteiger partial charge in [0.1, 0.15) is 6.61 Å². The number of ether oxygens (including phenoxy) is 2. The van der Waals surface area contributed by atoms with Crippen LogP contribution < -0.4 is 27.4 Å². The van der Waals surface area contributed by atoms with Gasteiger partial charge in [-0.05, 0) is 12.8 Å². The molecule has 0 aromatic rings. The van der Waals surface area contributed by atoms with Gasteiger partial charge in [-0.1, -0.05) is 194 Å².